The standard InChI is InChI=1S/C20H29N5/c1-6-24-7-9-25(10-8-24)19-13-18(21-17(5)22-19)23-20-15(3)11-14(2)12-16(20)4/h11-13H,6-10H2,1-5H3,(H,21,22,23). The van der Waals surface area contributed by atoms with Gasteiger partial charge in [-0.25, -0.2) is 9.97 Å². The van der Waals surface area contributed by atoms with E-state index in [0.29, 0.717) is 0 Å². The van der Waals surface area contributed by atoms with Gasteiger partial charge in [-0.2, -0.15) is 0 Å². The lowest BCUT2D eigenvalue weighted by molar-refractivity contribution is 0.270. The van der Waals surface area contributed by atoms with Gasteiger partial charge < -0.3 is 15.1 Å². The number of nitrogens with one attached hydrogen (secondary N) is 1. The van der Waals surface area contributed by atoms with Crippen LogP contribution in [0.2, 0.25) is 0 Å². The summed E-state index contributed by atoms with van der Waals surface area (Å²) in [6.07, 6.45) is 0. The van der Waals surface area contributed by atoms with E-state index in [1.54, 1.807) is 0 Å². The Hall–Kier alpha value is -2.14. The highest BCUT2D eigenvalue weighted by Crippen LogP contribution is 2.27. The van der Waals surface area contributed by atoms with E-state index >= 15 is 0 Å². The predicted molar refractivity (Wildman–Crippen MR) is 105 cm³/mol. The number of benzene rings is 1. The second-order valence-corrected chi connectivity index (χ2v) is 6.98. The van der Waals surface area contributed by atoms with Gasteiger partial charge in [-0.05, 0) is 45.4 Å². The molecule has 5 heteroatoms. The van der Waals surface area contributed by atoms with Gasteiger partial charge in [-0.15, -0.1) is 0 Å². The van der Waals surface area contributed by atoms with Gasteiger partial charge in [0.1, 0.15) is 17.5 Å². The van der Waals surface area contributed by atoms with Crippen LogP contribution in [0.1, 0.15) is 29.4 Å². The smallest absolute Gasteiger partial charge is 0.136 e. The molecular weight excluding hydrogens is 310 g/mol. The van der Waals surface area contributed by atoms with Crippen molar-refractivity contribution in [3.05, 3.63) is 40.7 Å². The zero-order valence-electron chi connectivity index (χ0n) is 16.1. The molecule has 0 spiro atoms. The zero-order valence-corrected chi connectivity index (χ0v) is 16.1. The summed E-state index contributed by atoms with van der Waals surface area (Å²) in [6, 6.07) is 6.48. The molecule has 2 heterocycles. The van der Waals surface area contributed by atoms with Gasteiger partial charge in [0.05, 0.1) is 0 Å². The minimum Gasteiger partial charge on any atom is -0.354 e. The van der Waals surface area contributed by atoms with Crippen molar-refractivity contribution in [2.24, 2.45) is 0 Å². The number of anilines is 3. The topological polar surface area (TPSA) is 44.3 Å². The van der Waals surface area contributed by atoms with Gasteiger partial charge in [0, 0.05) is 37.9 Å². The maximum atomic E-state index is 4.67. The highest BCUT2D eigenvalue weighted by molar-refractivity contribution is 5.66. The monoisotopic (exact) mass is 339 g/mol. The van der Waals surface area contributed by atoms with Crippen LogP contribution in [0.3, 0.4) is 0 Å². The average molecular weight is 339 g/mol. The Balaban J connectivity index is 1.83. The molecule has 5 nitrogen and oxygen atoms in total. The van der Waals surface area contributed by atoms with E-state index in [2.05, 4.69) is 71.0 Å². The molecule has 0 unspecified atom stereocenters. The SMILES string of the molecule is CCN1CCN(c2cc(Nc3c(C)cc(C)cc3C)nc(C)n2)CC1. The first-order chi connectivity index (χ1) is 12.0. The molecule has 25 heavy (non-hydrogen) atoms. The minimum absolute atomic E-state index is 0.806. The lowest BCUT2D eigenvalue weighted by Crippen LogP contribution is -2.46. The summed E-state index contributed by atoms with van der Waals surface area (Å²) in [4.78, 5) is 14.1. The van der Waals surface area contributed by atoms with Crippen LogP contribution in [0.5, 0.6) is 0 Å². The third-order valence-electron chi connectivity index (χ3n) is 4.90. The lowest BCUT2D eigenvalue weighted by Gasteiger charge is -2.34. The molecule has 1 aliphatic heterocycles. The van der Waals surface area contributed by atoms with Crippen molar-refractivity contribution in [2.45, 2.75) is 34.6 Å². The van der Waals surface area contributed by atoms with Crippen LogP contribution in [0.25, 0.3) is 0 Å². The van der Waals surface area contributed by atoms with E-state index in [-0.39, 0.29) is 0 Å². The van der Waals surface area contributed by atoms with Crippen molar-refractivity contribution in [3.8, 4) is 0 Å². The Labute approximate surface area is 151 Å². The second-order valence-electron chi connectivity index (χ2n) is 6.98. The number of nitrogens with zero attached hydrogens (tertiary/aromatic N) is 4. The van der Waals surface area contributed by atoms with E-state index in [4.69, 9.17) is 0 Å². The summed E-state index contributed by atoms with van der Waals surface area (Å²) in [5, 5.41) is 3.52. The highest BCUT2D eigenvalue weighted by atomic mass is 15.3. The number of likely N-dealkylation sites (N-methyl/N-ethyl adjacent to an activating group) is 1. The molecule has 1 saturated heterocycles. The first-order valence-electron chi connectivity index (χ1n) is 9.14. The Morgan fingerprint density at radius 3 is 2.16 bits per heavy atom. The normalized spacial score (nSPS) is 15.5. The van der Waals surface area contributed by atoms with Gasteiger partial charge in [0.2, 0.25) is 0 Å². The number of rotatable bonds is 4. The quantitative estimate of drug-likeness (QED) is 0.922. The van der Waals surface area contributed by atoms with Gasteiger partial charge >= 0.3 is 0 Å². The van der Waals surface area contributed by atoms with E-state index in [9.17, 15) is 0 Å². The van der Waals surface area contributed by atoms with Crippen molar-refractivity contribution in [1.82, 2.24) is 14.9 Å². The molecule has 1 aromatic carbocycles. The molecule has 0 amide bonds. The van der Waals surface area contributed by atoms with Crippen LogP contribution < -0.4 is 10.2 Å². The summed E-state index contributed by atoms with van der Waals surface area (Å²) in [6.45, 7) is 15.9. The molecule has 2 aromatic rings. The fraction of sp³-hybridized carbons (Fsp3) is 0.500. The van der Waals surface area contributed by atoms with Gasteiger partial charge in [-0.1, -0.05) is 24.6 Å². The Kier molecular flexibility index (Phi) is 5.23. The van der Waals surface area contributed by atoms with Crippen LogP contribution in [0, 0.1) is 27.7 Å². The summed E-state index contributed by atoms with van der Waals surface area (Å²) < 4.78 is 0. The van der Waals surface area contributed by atoms with Crippen LogP contribution in [0.4, 0.5) is 17.3 Å². The Morgan fingerprint density at radius 2 is 1.56 bits per heavy atom. The van der Waals surface area contributed by atoms with E-state index in [0.717, 1.165) is 55.9 Å². The minimum atomic E-state index is 0.806. The number of hydrogen-bond donors (Lipinski definition) is 1. The molecule has 134 valence electrons. The molecule has 1 aromatic heterocycles. The van der Waals surface area contributed by atoms with Crippen LogP contribution in [-0.2, 0) is 0 Å². The Morgan fingerprint density at radius 1 is 0.920 bits per heavy atom. The third-order valence-corrected chi connectivity index (χ3v) is 4.90. The predicted octanol–water partition coefficient (Wildman–Crippen LogP) is 3.60. The van der Waals surface area contributed by atoms with Gasteiger partial charge in [0.25, 0.3) is 0 Å². The first kappa shape index (κ1) is 17.7. The molecule has 0 atom stereocenters. The Bertz CT molecular complexity index is 725. The molecule has 1 aliphatic rings. The zero-order chi connectivity index (χ0) is 18.0. The molecule has 1 N–H and O–H groups in total. The third kappa shape index (κ3) is 4.10. The molecule has 0 bridgehead atoms. The van der Waals surface area contributed by atoms with Crippen LogP contribution >= 0.6 is 0 Å². The maximum absolute atomic E-state index is 4.67. The number of aryl methyl sites for hydroxylation is 4. The average Bonchev–Trinajstić information content (AvgIpc) is 2.58. The van der Waals surface area contributed by atoms with Crippen LogP contribution in [-0.4, -0.2) is 47.6 Å². The van der Waals surface area contributed by atoms with E-state index in [1.807, 2.05) is 6.92 Å². The number of aromatic nitrogens is 2. The largest absolute Gasteiger partial charge is 0.354 e. The van der Waals surface area contributed by atoms with Gasteiger partial charge in [-0.3, -0.25) is 0 Å². The fourth-order valence-corrected chi connectivity index (χ4v) is 3.58. The first-order valence-corrected chi connectivity index (χ1v) is 9.14. The fourth-order valence-electron chi connectivity index (χ4n) is 3.58. The van der Waals surface area contributed by atoms with Crippen molar-refractivity contribution in [2.75, 3.05) is 42.9 Å². The van der Waals surface area contributed by atoms with Crippen molar-refractivity contribution >= 4 is 17.3 Å². The lowest BCUT2D eigenvalue weighted by atomic mass is 10.1. The molecule has 0 saturated carbocycles. The van der Waals surface area contributed by atoms with Crippen molar-refractivity contribution in [3.63, 3.8) is 0 Å². The number of hydrogen-bond acceptors (Lipinski definition) is 5. The van der Waals surface area contributed by atoms with E-state index < -0.39 is 0 Å². The summed E-state index contributed by atoms with van der Waals surface area (Å²) in [5.41, 5.74) is 4.91. The second kappa shape index (κ2) is 7.40. The summed E-state index contributed by atoms with van der Waals surface area (Å²) >= 11 is 0. The molecular formula is C20H29N5. The molecule has 1 fully saturated rings. The molecule has 3 rings (SSSR count). The maximum Gasteiger partial charge on any atom is 0.136 e. The molecule has 0 radical (unpaired) electrons. The number of piperazine rings is 1. The van der Waals surface area contributed by atoms with E-state index in [1.165, 1.54) is 16.7 Å². The summed E-state index contributed by atoms with van der Waals surface area (Å²) in [7, 11) is 0. The van der Waals surface area contributed by atoms with Gasteiger partial charge in [0.15, 0.2) is 0 Å². The molecule has 0 aliphatic carbocycles. The van der Waals surface area contributed by atoms with Crippen LogP contribution in [0.15, 0.2) is 18.2 Å². The van der Waals surface area contributed by atoms with Crippen molar-refractivity contribution in [1.29, 1.82) is 0 Å². The highest BCUT2D eigenvalue weighted by Gasteiger charge is 2.18. The summed E-state index contributed by atoms with van der Waals surface area (Å²) in [5.74, 6) is 2.70. The van der Waals surface area contributed by atoms with Crippen molar-refractivity contribution < 1.29 is 0 Å².